The topological polar surface area (TPSA) is 61.9 Å². The van der Waals surface area contributed by atoms with E-state index in [1.165, 1.54) is 22.9 Å². The number of imidazole rings is 1. The molecule has 0 saturated carbocycles. The summed E-state index contributed by atoms with van der Waals surface area (Å²) in [5.41, 5.74) is 4.29. The van der Waals surface area contributed by atoms with Crippen molar-refractivity contribution in [3.63, 3.8) is 0 Å². The van der Waals surface area contributed by atoms with Gasteiger partial charge in [0.05, 0.1) is 18.2 Å². The molecule has 3 rings (SSSR count). The van der Waals surface area contributed by atoms with Crippen LogP contribution in [0.1, 0.15) is 17.5 Å². The lowest BCUT2D eigenvalue weighted by Crippen LogP contribution is -2.33. The van der Waals surface area contributed by atoms with Gasteiger partial charge in [0, 0.05) is 30.3 Å². The Hall–Kier alpha value is -3.04. The molecule has 6 heteroatoms. The van der Waals surface area contributed by atoms with Gasteiger partial charge in [0.25, 0.3) is 0 Å². The van der Waals surface area contributed by atoms with Gasteiger partial charge >= 0.3 is 0 Å². The van der Waals surface area contributed by atoms with Crippen LogP contribution in [-0.4, -0.2) is 27.8 Å². The Bertz CT molecular complexity index is 991. The lowest BCUT2D eigenvalue weighted by atomic mass is 10.1. The maximum absolute atomic E-state index is 12.8. The molecule has 0 fully saturated rings. The van der Waals surface area contributed by atoms with Gasteiger partial charge in [-0.3, -0.25) is 9.36 Å². The molecule has 0 saturated heterocycles. The van der Waals surface area contributed by atoms with Crippen molar-refractivity contribution in [1.82, 2.24) is 9.55 Å². The average Bonchev–Trinajstić information content (AvgIpc) is 3.18. The highest BCUT2D eigenvalue weighted by Gasteiger charge is 2.17. The standard InChI is InChI=1S/C22H22N4OS/c1-17-9-10-20(15-18(17)2)26-14-12-24-22(26)28-16-21(27)25(13-6-11-23)19-7-4-3-5-8-19/h3-5,7-10,12,14-15H,6,13,16H2,1-2H3. The number of benzene rings is 2. The van der Waals surface area contributed by atoms with Gasteiger partial charge in [-0.15, -0.1) is 0 Å². The van der Waals surface area contributed by atoms with Crippen molar-refractivity contribution in [2.45, 2.75) is 25.4 Å². The maximum Gasteiger partial charge on any atom is 0.237 e. The van der Waals surface area contributed by atoms with Gasteiger partial charge in [-0.2, -0.15) is 5.26 Å². The lowest BCUT2D eigenvalue weighted by Gasteiger charge is -2.21. The molecule has 0 aliphatic rings. The Morgan fingerprint density at radius 1 is 1.18 bits per heavy atom. The number of hydrogen-bond acceptors (Lipinski definition) is 4. The third kappa shape index (κ3) is 4.62. The fourth-order valence-electron chi connectivity index (χ4n) is 2.84. The summed E-state index contributed by atoms with van der Waals surface area (Å²) < 4.78 is 1.99. The first-order valence-electron chi connectivity index (χ1n) is 9.06. The Morgan fingerprint density at radius 2 is 1.96 bits per heavy atom. The summed E-state index contributed by atoms with van der Waals surface area (Å²) in [5.74, 6) is 0.212. The summed E-state index contributed by atoms with van der Waals surface area (Å²) in [6.45, 7) is 4.55. The van der Waals surface area contributed by atoms with Crippen molar-refractivity contribution in [3.8, 4) is 11.8 Å². The Labute approximate surface area is 169 Å². The molecule has 1 heterocycles. The van der Waals surface area contributed by atoms with Crippen LogP contribution in [-0.2, 0) is 4.79 Å². The van der Waals surface area contributed by atoms with Gasteiger partial charge in [0.15, 0.2) is 5.16 Å². The highest BCUT2D eigenvalue weighted by atomic mass is 32.2. The van der Waals surface area contributed by atoms with Crippen LogP contribution >= 0.6 is 11.8 Å². The summed E-state index contributed by atoms with van der Waals surface area (Å²) in [5, 5.41) is 9.69. The molecule has 142 valence electrons. The second kappa shape index (κ2) is 9.25. The van der Waals surface area contributed by atoms with Crippen molar-refractivity contribution in [1.29, 1.82) is 5.26 Å². The normalized spacial score (nSPS) is 10.5. The molecular formula is C22H22N4OS. The second-order valence-electron chi connectivity index (χ2n) is 6.43. The number of thioether (sulfide) groups is 1. The number of nitrogens with zero attached hydrogens (tertiary/aromatic N) is 4. The largest absolute Gasteiger partial charge is 0.311 e. The van der Waals surface area contributed by atoms with Crippen LogP contribution in [0.15, 0.2) is 66.1 Å². The van der Waals surface area contributed by atoms with E-state index in [-0.39, 0.29) is 11.7 Å². The molecule has 5 nitrogen and oxygen atoms in total. The third-order valence-corrected chi connectivity index (χ3v) is 5.47. The number of carbonyl (C=O) groups is 1. The minimum atomic E-state index is -0.0407. The molecule has 0 radical (unpaired) electrons. The quantitative estimate of drug-likeness (QED) is 0.556. The first-order chi connectivity index (χ1) is 13.6. The monoisotopic (exact) mass is 390 g/mol. The molecule has 0 N–H and O–H groups in total. The molecule has 1 aromatic heterocycles. The fourth-order valence-corrected chi connectivity index (χ4v) is 3.69. The van der Waals surface area contributed by atoms with Crippen molar-refractivity contribution < 1.29 is 4.79 Å². The van der Waals surface area contributed by atoms with Crippen LogP contribution in [0.25, 0.3) is 5.69 Å². The zero-order valence-electron chi connectivity index (χ0n) is 16.0. The number of para-hydroxylation sites is 1. The van der Waals surface area contributed by atoms with Crippen molar-refractivity contribution in [2.24, 2.45) is 0 Å². The Balaban J connectivity index is 1.74. The van der Waals surface area contributed by atoms with Crippen molar-refractivity contribution in [2.75, 3.05) is 17.2 Å². The van der Waals surface area contributed by atoms with Gasteiger partial charge < -0.3 is 4.90 Å². The van der Waals surface area contributed by atoms with E-state index in [1.54, 1.807) is 11.1 Å². The second-order valence-corrected chi connectivity index (χ2v) is 7.37. The molecule has 0 spiro atoms. The predicted octanol–water partition coefficient (Wildman–Crippen LogP) is 4.53. The number of hydrogen-bond donors (Lipinski definition) is 0. The summed E-state index contributed by atoms with van der Waals surface area (Å²) in [6, 6.07) is 17.8. The molecule has 2 aromatic carbocycles. The third-order valence-electron chi connectivity index (χ3n) is 4.52. The van der Waals surface area contributed by atoms with Crippen molar-refractivity contribution >= 4 is 23.4 Å². The summed E-state index contributed by atoms with van der Waals surface area (Å²) in [6.07, 6.45) is 3.94. The lowest BCUT2D eigenvalue weighted by molar-refractivity contribution is -0.116. The van der Waals surface area contributed by atoms with E-state index in [0.717, 1.165) is 16.5 Å². The van der Waals surface area contributed by atoms with Gasteiger partial charge in [-0.05, 0) is 49.2 Å². The zero-order valence-corrected chi connectivity index (χ0v) is 16.8. The maximum atomic E-state index is 12.8. The van der Waals surface area contributed by atoms with E-state index >= 15 is 0 Å². The number of rotatable bonds is 7. The number of anilines is 1. The number of nitriles is 1. The minimum Gasteiger partial charge on any atom is -0.311 e. The van der Waals surface area contributed by atoms with E-state index < -0.39 is 0 Å². The fraction of sp³-hybridized carbons (Fsp3) is 0.227. The first-order valence-corrected chi connectivity index (χ1v) is 10.0. The SMILES string of the molecule is Cc1ccc(-n2ccnc2SCC(=O)N(CCC#N)c2ccccc2)cc1C. The highest BCUT2D eigenvalue weighted by Crippen LogP contribution is 2.23. The van der Waals surface area contributed by atoms with E-state index in [9.17, 15) is 4.79 Å². The molecule has 28 heavy (non-hydrogen) atoms. The number of amides is 1. The minimum absolute atomic E-state index is 0.0407. The summed E-state index contributed by atoms with van der Waals surface area (Å²) in [4.78, 5) is 18.9. The van der Waals surface area contributed by atoms with Crippen molar-refractivity contribution in [3.05, 3.63) is 72.1 Å². The highest BCUT2D eigenvalue weighted by molar-refractivity contribution is 7.99. The predicted molar refractivity (Wildman–Crippen MR) is 113 cm³/mol. The first kappa shape index (κ1) is 19.7. The zero-order chi connectivity index (χ0) is 19.9. The van der Waals surface area contributed by atoms with E-state index in [4.69, 9.17) is 5.26 Å². The number of aromatic nitrogens is 2. The molecular weight excluding hydrogens is 368 g/mol. The van der Waals surface area contributed by atoms with Gasteiger partial charge in [0.1, 0.15) is 0 Å². The molecule has 0 aliphatic carbocycles. The smallest absolute Gasteiger partial charge is 0.237 e. The summed E-state index contributed by atoms with van der Waals surface area (Å²) >= 11 is 1.40. The van der Waals surface area contributed by atoms with Crippen LogP contribution in [0.4, 0.5) is 5.69 Å². The van der Waals surface area contributed by atoms with Crippen LogP contribution in [0, 0.1) is 25.2 Å². The summed E-state index contributed by atoms with van der Waals surface area (Å²) in [7, 11) is 0. The number of aryl methyl sites for hydroxylation is 2. The van der Waals surface area contributed by atoms with Crippen LogP contribution in [0.2, 0.25) is 0 Å². The van der Waals surface area contributed by atoms with E-state index in [1.807, 2.05) is 41.1 Å². The molecule has 3 aromatic rings. The molecule has 0 bridgehead atoms. The molecule has 0 atom stereocenters. The molecule has 0 aliphatic heterocycles. The van der Waals surface area contributed by atoms with Crippen LogP contribution in [0.3, 0.4) is 0 Å². The average molecular weight is 391 g/mol. The van der Waals surface area contributed by atoms with Gasteiger partial charge in [-0.1, -0.05) is 36.0 Å². The molecule has 0 unspecified atom stereocenters. The number of carbonyl (C=O) groups excluding carboxylic acids is 1. The Morgan fingerprint density at radius 3 is 2.68 bits per heavy atom. The Kier molecular flexibility index (Phi) is 6.51. The van der Waals surface area contributed by atoms with Gasteiger partial charge in [0.2, 0.25) is 5.91 Å². The van der Waals surface area contributed by atoms with E-state index in [0.29, 0.717) is 13.0 Å². The molecule has 1 amide bonds. The van der Waals surface area contributed by atoms with Crippen LogP contribution in [0.5, 0.6) is 0 Å². The van der Waals surface area contributed by atoms with Crippen LogP contribution < -0.4 is 4.90 Å². The van der Waals surface area contributed by atoms with Gasteiger partial charge in [-0.25, -0.2) is 4.98 Å². The van der Waals surface area contributed by atoms with E-state index in [2.05, 4.69) is 43.1 Å².